The first-order valence-electron chi connectivity index (χ1n) is 11.3. The average Bonchev–Trinajstić information content (AvgIpc) is 2.84. The maximum atomic E-state index is 13.7. The van der Waals surface area contributed by atoms with Gasteiger partial charge in [-0.25, -0.2) is 0 Å². The molecule has 1 aliphatic heterocycles. The number of aliphatic hydroxyl groups excluding tert-OH is 1. The Hall–Kier alpha value is -2.95. The number of ether oxygens (including phenoxy) is 1. The van der Waals surface area contributed by atoms with Crippen molar-refractivity contribution in [3.8, 4) is 0 Å². The number of ketones is 1. The normalized spacial score (nSPS) is 16.6. The van der Waals surface area contributed by atoms with Gasteiger partial charge in [0.1, 0.15) is 6.10 Å². The number of carbonyl (C=O) groups excluding carboxylic acids is 2. The Morgan fingerprint density at radius 3 is 2.29 bits per heavy atom. The lowest BCUT2D eigenvalue weighted by atomic mass is 9.97. The van der Waals surface area contributed by atoms with Crippen molar-refractivity contribution in [2.75, 3.05) is 56.7 Å². The molecule has 0 bridgehead atoms. The van der Waals surface area contributed by atoms with Crippen molar-refractivity contribution >= 4 is 23.1 Å². The summed E-state index contributed by atoms with van der Waals surface area (Å²) in [6.07, 6.45) is -6.78. The second-order valence-corrected chi connectivity index (χ2v) is 8.65. The first-order chi connectivity index (χ1) is 16.5. The van der Waals surface area contributed by atoms with Crippen LogP contribution >= 0.6 is 0 Å². The van der Waals surface area contributed by atoms with Crippen LogP contribution in [0, 0.1) is 0 Å². The molecule has 2 atom stereocenters. The van der Waals surface area contributed by atoms with Gasteiger partial charge in [-0.15, -0.1) is 0 Å². The van der Waals surface area contributed by atoms with Crippen molar-refractivity contribution < 1.29 is 32.6 Å². The molecule has 7 nitrogen and oxygen atoms in total. The summed E-state index contributed by atoms with van der Waals surface area (Å²) in [6.45, 7) is 4.02. The van der Waals surface area contributed by atoms with Gasteiger partial charge in [-0.1, -0.05) is 30.3 Å². The number of halogens is 3. The third-order valence-corrected chi connectivity index (χ3v) is 6.05. The highest BCUT2D eigenvalue weighted by Gasteiger charge is 2.45. The van der Waals surface area contributed by atoms with E-state index in [4.69, 9.17) is 4.74 Å². The summed E-state index contributed by atoms with van der Waals surface area (Å²) >= 11 is 0. The zero-order chi connectivity index (χ0) is 25.8. The Balaban J connectivity index is 2.13. The van der Waals surface area contributed by atoms with E-state index >= 15 is 0 Å². The van der Waals surface area contributed by atoms with Crippen LogP contribution in [0.25, 0.3) is 0 Å². The first kappa shape index (κ1) is 26.7. The summed E-state index contributed by atoms with van der Waals surface area (Å²) in [5, 5.41) is 10.7. The highest BCUT2D eigenvalue weighted by atomic mass is 19.4. The number of rotatable bonds is 8. The number of Topliss-reactive ketones (excluding diaryl/α,β-unsaturated/α-hetero) is 1. The van der Waals surface area contributed by atoms with E-state index in [-0.39, 0.29) is 17.9 Å². The Morgan fingerprint density at radius 2 is 1.71 bits per heavy atom. The second-order valence-electron chi connectivity index (χ2n) is 8.65. The number of methoxy groups -OCH3 is 1. The SMILES string of the molecule is COC[C@H](C)N(C(=O)C(F)(F)F)c1cc(N2CCN(C)CC2)ccc1C(=O)C(O)c1ccccc1. The van der Waals surface area contributed by atoms with Crippen LogP contribution in [0.5, 0.6) is 0 Å². The van der Waals surface area contributed by atoms with E-state index in [0.717, 1.165) is 13.1 Å². The summed E-state index contributed by atoms with van der Waals surface area (Å²) in [4.78, 5) is 30.6. The van der Waals surface area contributed by atoms with E-state index in [1.807, 2.05) is 11.9 Å². The van der Waals surface area contributed by atoms with E-state index in [1.54, 1.807) is 36.4 Å². The molecule has 1 unspecified atom stereocenters. The van der Waals surface area contributed by atoms with E-state index in [2.05, 4.69) is 4.90 Å². The van der Waals surface area contributed by atoms with Crippen molar-refractivity contribution in [3.05, 3.63) is 59.7 Å². The van der Waals surface area contributed by atoms with E-state index in [0.29, 0.717) is 29.2 Å². The number of aliphatic hydroxyl groups is 1. The lowest BCUT2D eigenvalue weighted by Gasteiger charge is -2.36. The van der Waals surface area contributed by atoms with E-state index in [1.165, 1.54) is 26.2 Å². The Bertz CT molecular complexity index is 1020. The third-order valence-electron chi connectivity index (χ3n) is 6.05. The molecule has 2 aromatic rings. The van der Waals surface area contributed by atoms with Gasteiger partial charge >= 0.3 is 12.1 Å². The number of carbonyl (C=O) groups is 2. The third kappa shape index (κ3) is 6.19. The molecule has 0 aromatic heterocycles. The van der Waals surface area contributed by atoms with Crippen molar-refractivity contribution in [2.45, 2.75) is 25.2 Å². The molecule has 1 fully saturated rings. The molecule has 1 heterocycles. The second kappa shape index (κ2) is 11.2. The molecular formula is C25H30F3N3O4. The summed E-state index contributed by atoms with van der Waals surface area (Å²) in [6, 6.07) is 11.5. The number of amides is 1. The fourth-order valence-corrected chi connectivity index (χ4v) is 4.12. The van der Waals surface area contributed by atoms with E-state index < -0.39 is 30.0 Å². The van der Waals surface area contributed by atoms with Gasteiger partial charge in [-0.05, 0) is 37.7 Å². The van der Waals surface area contributed by atoms with Crippen molar-refractivity contribution in [1.29, 1.82) is 0 Å². The molecule has 190 valence electrons. The van der Waals surface area contributed by atoms with Crippen LogP contribution in [-0.2, 0) is 9.53 Å². The first-order valence-corrected chi connectivity index (χ1v) is 11.3. The van der Waals surface area contributed by atoms with Crippen molar-refractivity contribution in [3.63, 3.8) is 0 Å². The molecule has 0 saturated carbocycles. The Morgan fingerprint density at radius 1 is 1.09 bits per heavy atom. The minimum Gasteiger partial charge on any atom is -0.383 e. The molecule has 0 spiro atoms. The topological polar surface area (TPSA) is 73.3 Å². The fourth-order valence-electron chi connectivity index (χ4n) is 4.12. The molecule has 35 heavy (non-hydrogen) atoms. The van der Waals surface area contributed by atoms with Crippen LogP contribution in [0.4, 0.5) is 24.5 Å². The summed E-state index contributed by atoms with van der Waals surface area (Å²) in [5.41, 5.74) is 0.488. The number of likely N-dealkylation sites (N-methyl/N-ethyl adjacent to an activating group) is 1. The number of anilines is 2. The van der Waals surface area contributed by atoms with Crippen LogP contribution in [0.2, 0.25) is 0 Å². The lowest BCUT2D eigenvalue weighted by molar-refractivity contribution is -0.171. The molecule has 1 aliphatic rings. The lowest BCUT2D eigenvalue weighted by Crippen LogP contribution is -2.49. The average molecular weight is 494 g/mol. The number of nitrogens with zero attached hydrogens (tertiary/aromatic N) is 3. The highest BCUT2D eigenvalue weighted by molar-refractivity contribution is 6.09. The van der Waals surface area contributed by atoms with Crippen molar-refractivity contribution in [1.82, 2.24) is 4.90 Å². The maximum absolute atomic E-state index is 13.7. The minimum atomic E-state index is -5.18. The van der Waals surface area contributed by atoms with E-state index in [9.17, 15) is 27.9 Å². The monoisotopic (exact) mass is 493 g/mol. The molecule has 0 aliphatic carbocycles. The fraction of sp³-hybridized carbons (Fsp3) is 0.440. The zero-order valence-corrected chi connectivity index (χ0v) is 20.0. The molecule has 1 N–H and O–H groups in total. The predicted molar refractivity (Wildman–Crippen MR) is 127 cm³/mol. The quantitative estimate of drug-likeness (QED) is 0.569. The Kier molecular flexibility index (Phi) is 8.52. The number of hydrogen-bond donors (Lipinski definition) is 1. The molecule has 10 heteroatoms. The summed E-state index contributed by atoms with van der Waals surface area (Å²) < 4.78 is 46.0. The smallest absolute Gasteiger partial charge is 0.383 e. The van der Waals surface area contributed by atoms with Crippen LogP contribution < -0.4 is 9.80 Å². The molecular weight excluding hydrogens is 463 g/mol. The van der Waals surface area contributed by atoms with Gasteiger partial charge in [0, 0.05) is 44.5 Å². The molecule has 1 saturated heterocycles. The number of hydrogen-bond acceptors (Lipinski definition) is 6. The number of alkyl halides is 3. The number of benzene rings is 2. The minimum absolute atomic E-state index is 0.181. The molecule has 3 rings (SSSR count). The largest absolute Gasteiger partial charge is 0.471 e. The van der Waals surface area contributed by atoms with Gasteiger partial charge in [0.25, 0.3) is 0 Å². The summed E-state index contributed by atoms with van der Waals surface area (Å²) in [7, 11) is 3.30. The van der Waals surface area contributed by atoms with Crippen LogP contribution in [-0.4, -0.2) is 80.9 Å². The highest BCUT2D eigenvalue weighted by Crippen LogP contribution is 2.35. The maximum Gasteiger partial charge on any atom is 0.471 e. The standard InChI is InChI=1S/C25H30F3N3O4/c1-17(16-35-3)31(24(34)25(26,27)28)21-15-19(30-13-11-29(2)12-14-30)9-10-20(21)23(33)22(32)18-7-5-4-6-8-18/h4-10,15,17,22,32H,11-14,16H2,1-3H3/t17-,22?/m0/s1. The van der Waals surface area contributed by atoms with Gasteiger partial charge in [-0.3, -0.25) is 14.5 Å². The Labute approximate surface area is 202 Å². The van der Waals surface area contributed by atoms with Crippen LogP contribution in [0.15, 0.2) is 48.5 Å². The molecule has 2 aromatic carbocycles. The predicted octanol–water partition coefficient (Wildman–Crippen LogP) is 3.28. The van der Waals surface area contributed by atoms with Crippen LogP contribution in [0.1, 0.15) is 28.9 Å². The van der Waals surface area contributed by atoms with Gasteiger partial charge in [-0.2, -0.15) is 13.2 Å². The van der Waals surface area contributed by atoms with Crippen molar-refractivity contribution in [2.24, 2.45) is 0 Å². The van der Waals surface area contributed by atoms with Gasteiger partial charge in [0.05, 0.1) is 18.3 Å². The van der Waals surface area contributed by atoms with Gasteiger partial charge < -0.3 is 19.6 Å². The number of piperazine rings is 1. The zero-order valence-electron chi connectivity index (χ0n) is 20.0. The van der Waals surface area contributed by atoms with Crippen LogP contribution in [0.3, 0.4) is 0 Å². The molecule has 1 amide bonds. The van der Waals surface area contributed by atoms with Gasteiger partial charge in [0.2, 0.25) is 0 Å². The molecule has 0 radical (unpaired) electrons. The van der Waals surface area contributed by atoms with Gasteiger partial charge in [0.15, 0.2) is 5.78 Å². The summed E-state index contributed by atoms with van der Waals surface area (Å²) in [5.74, 6) is -2.92.